The van der Waals surface area contributed by atoms with Crippen LogP contribution in [0.4, 0.5) is 5.69 Å². The Morgan fingerprint density at radius 2 is 2.06 bits per heavy atom. The van der Waals surface area contributed by atoms with E-state index in [9.17, 15) is 4.79 Å². The molecule has 2 aliphatic heterocycles. The van der Waals surface area contributed by atoms with Crippen LogP contribution in [-0.2, 0) is 11.3 Å². The molecule has 2 saturated heterocycles. The lowest BCUT2D eigenvalue weighted by Gasteiger charge is -2.49. The first-order valence-corrected chi connectivity index (χ1v) is 12.8. The number of ether oxygens (including phenoxy) is 1. The van der Waals surface area contributed by atoms with Crippen LogP contribution in [0, 0.1) is 6.92 Å². The zero-order valence-electron chi connectivity index (χ0n) is 21.2. The number of aryl methyl sites for hydroxylation is 1. The van der Waals surface area contributed by atoms with Gasteiger partial charge in [0.1, 0.15) is 0 Å². The Balaban J connectivity index is 1.45. The maximum Gasteiger partial charge on any atom is 0.254 e. The number of benzene rings is 1. The van der Waals surface area contributed by atoms with E-state index in [1.54, 1.807) is 6.20 Å². The molecule has 6 heteroatoms. The van der Waals surface area contributed by atoms with E-state index < -0.39 is 0 Å². The highest BCUT2D eigenvalue weighted by Gasteiger charge is 2.42. The Labute approximate surface area is 204 Å². The van der Waals surface area contributed by atoms with Gasteiger partial charge in [0, 0.05) is 55.8 Å². The summed E-state index contributed by atoms with van der Waals surface area (Å²) in [5, 5.41) is 3.46. The minimum Gasteiger partial charge on any atom is -0.379 e. The summed E-state index contributed by atoms with van der Waals surface area (Å²) in [6.07, 6.45) is 5.76. The third kappa shape index (κ3) is 5.61. The second-order valence-corrected chi connectivity index (χ2v) is 10.1. The van der Waals surface area contributed by atoms with Crippen molar-refractivity contribution < 1.29 is 9.53 Å². The average molecular weight is 465 g/mol. The molecule has 2 fully saturated rings. The van der Waals surface area contributed by atoms with Crippen LogP contribution < -0.4 is 5.32 Å². The molecular weight excluding hydrogens is 424 g/mol. The normalized spacial score (nSPS) is 20.4. The topological polar surface area (TPSA) is 57.7 Å². The monoisotopic (exact) mass is 464 g/mol. The van der Waals surface area contributed by atoms with Crippen molar-refractivity contribution in [1.82, 2.24) is 14.8 Å². The molecule has 1 aromatic heterocycles. The molecule has 0 unspecified atom stereocenters. The fourth-order valence-corrected chi connectivity index (χ4v) is 5.43. The SMILES string of the molecule is CCN(C(=O)c1ccc(C)c(NCc2ccccn2)c1)[C@@H]1CCOC2(CCN(C(C)C)CC2)C1. The minimum atomic E-state index is -0.0787. The second kappa shape index (κ2) is 10.9. The number of anilines is 1. The molecule has 0 saturated carbocycles. The number of carbonyl (C=O) groups excluding carboxylic acids is 1. The largest absolute Gasteiger partial charge is 0.379 e. The van der Waals surface area contributed by atoms with Gasteiger partial charge in [-0.05, 0) is 83.2 Å². The van der Waals surface area contributed by atoms with E-state index in [0.717, 1.165) is 67.9 Å². The average Bonchev–Trinajstić information content (AvgIpc) is 2.85. The lowest BCUT2D eigenvalue weighted by atomic mass is 9.81. The molecule has 1 atom stereocenters. The molecule has 1 amide bonds. The fourth-order valence-electron chi connectivity index (χ4n) is 5.43. The van der Waals surface area contributed by atoms with Crippen LogP contribution in [0.5, 0.6) is 0 Å². The van der Waals surface area contributed by atoms with Gasteiger partial charge in [-0.1, -0.05) is 12.1 Å². The van der Waals surface area contributed by atoms with Gasteiger partial charge < -0.3 is 19.9 Å². The van der Waals surface area contributed by atoms with Gasteiger partial charge in [0.25, 0.3) is 5.91 Å². The van der Waals surface area contributed by atoms with Crippen molar-refractivity contribution in [1.29, 1.82) is 0 Å². The van der Waals surface area contributed by atoms with Crippen molar-refractivity contribution in [3.63, 3.8) is 0 Å². The van der Waals surface area contributed by atoms with Crippen LogP contribution >= 0.6 is 0 Å². The first-order valence-electron chi connectivity index (χ1n) is 12.8. The van der Waals surface area contributed by atoms with Crippen LogP contribution in [0.25, 0.3) is 0 Å². The lowest BCUT2D eigenvalue weighted by molar-refractivity contribution is -0.131. The first kappa shape index (κ1) is 24.7. The van der Waals surface area contributed by atoms with E-state index in [1.165, 1.54) is 0 Å². The van der Waals surface area contributed by atoms with E-state index in [2.05, 4.69) is 47.8 Å². The zero-order valence-corrected chi connectivity index (χ0v) is 21.2. The maximum atomic E-state index is 13.7. The summed E-state index contributed by atoms with van der Waals surface area (Å²) in [4.78, 5) is 22.7. The summed E-state index contributed by atoms with van der Waals surface area (Å²) >= 11 is 0. The molecule has 3 heterocycles. The van der Waals surface area contributed by atoms with Gasteiger partial charge >= 0.3 is 0 Å². The van der Waals surface area contributed by atoms with Gasteiger partial charge in [-0.15, -0.1) is 0 Å². The number of pyridine rings is 1. The number of likely N-dealkylation sites (tertiary alicyclic amines) is 1. The van der Waals surface area contributed by atoms with E-state index in [1.807, 2.05) is 36.4 Å². The molecule has 34 heavy (non-hydrogen) atoms. The van der Waals surface area contributed by atoms with Gasteiger partial charge in [0.05, 0.1) is 17.8 Å². The molecule has 2 aromatic rings. The molecule has 0 aliphatic carbocycles. The summed E-state index contributed by atoms with van der Waals surface area (Å²) in [6, 6.07) is 12.7. The second-order valence-electron chi connectivity index (χ2n) is 10.1. The summed E-state index contributed by atoms with van der Waals surface area (Å²) in [7, 11) is 0. The van der Waals surface area contributed by atoms with Crippen LogP contribution in [0.1, 0.15) is 68.1 Å². The molecule has 1 aromatic carbocycles. The number of hydrogen-bond acceptors (Lipinski definition) is 5. The smallest absolute Gasteiger partial charge is 0.254 e. The Bertz CT molecular complexity index is 954. The predicted molar refractivity (Wildman–Crippen MR) is 137 cm³/mol. The summed E-state index contributed by atoms with van der Waals surface area (Å²) in [5.74, 6) is 0.116. The first-order chi connectivity index (χ1) is 16.4. The molecule has 1 N–H and O–H groups in total. The van der Waals surface area contributed by atoms with Crippen LogP contribution in [-0.4, -0.2) is 64.6 Å². The molecule has 4 rings (SSSR count). The van der Waals surface area contributed by atoms with Gasteiger partial charge in [0.2, 0.25) is 0 Å². The predicted octanol–water partition coefficient (Wildman–Crippen LogP) is 4.89. The Morgan fingerprint density at radius 3 is 2.74 bits per heavy atom. The molecule has 1 spiro atoms. The molecule has 0 bridgehead atoms. The van der Waals surface area contributed by atoms with Gasteiger partial charge in [0.15, 0.2) is 0 Å². The minimum absolute atomic E-state index is 0.0787. The van der Waals surface area contributed by atoms with Gasteiger partial charge in [-0.25, -0.2) is 0 Å². The Morgan fingerprint density at radius 1 is 1.26 bits per heavy atom. The van der Waals surface area contributed by atoms with E-state index in [0.29, 0.717) is 19.1 Å². The van der Waals surface area contributed by atoms with Crippen molar-refractivity contribution >= 4 is 11.6 Å². The number of amides is 1. The summed E-state index contributed by atoms with van der Waals surface area (Å²) < 4.78 is 6.37. The van der Waals surface area contributed by atoms with Crippen molar-refractivity contribution in [2.75, 3.05) is 31.6 Å². The lowest BCUT2D eigenvalue weighted by Crippen LogP contribution is -2.55. The van der Waals surface area contributed by atoms with Crippen molar-refractivity contribution in [3.05, 3.63) is 59.4 Å². The standard InChI is InChI=1S/C28H40N4O2/c1-5-32(25-11-17-34-28(19-25)12-15-31(16-13-28)21(2)3)27(33)23-10-9-22(4)26(18-23)30-20-24-8-6-7-14-29-24/h6-10,14,18,21,25,30H,5,11-13,15-17,19-20H2,1-4H3/t25-/m1/s1. The molecule has 6 nitrogen and oxygen atoms in total. The van der Waals surface area contributed by atoms with E-state index in [-0.39, 0.29) is 17.6 Å². The van der Waals surface area contributed by atoms with Crippen molar-refractivity contribution in [3.8, 4) is 0 Å². The Hall–Kier alpha value is -2.44. The number of carbonyl (C=O) groups is 1. The number of aromatic nitrogens is 1. The highest BCUT2D eigenvalue weighted by atomic mass is 16.5. The third-order valence-corrected chi connectivity index (χ3v) is 7.62. The molecule has 0 radical (unpaired) electrons. The molecule has 2 aliphatic rings. The van der Waals surface area contributed by atoms with Crippen molar-refractivity contribution in [2.45, 2.75) is 77.6 Å². The maximum absolute atomic E-state index is 13.7. The number of piperidine rings is 1. The number of nitrogens with zero attached hydrogens (tertiary/aromatic N) is 3. The molecule has 184 valence electrons. The quantitative estimate of drug-likeness (QED) is 0.633. The van der Waals surface area contributed by atoms with E-state index >= 15 is 0 Å². The summed E-state index contributed by atoms with van der Waals surface area (Å²) in [6.45, 7) is 12.9. The van der Waals surface area contributed by atoms with Crippen LogP contribution in [0.2, 0.25) is 0 Å². The third-order valence-electron chi connectivity index (χ3n) is 7.62. The fraction of sp³-hybridized carbons (Fsp3) is 0.571. The number of nitrogens with one attached hydrogen (secondary N) is 1. The van der Waals surface area contributed by atoms with E-state index in [4.69, 9.17) is 4.74 Å². The molecular formula is C28H40N4O2. The summed E-state index contributed by atoms with van der Waals surface area (Å²) in [5.41, 5.74) is 3.75. The van der Waals surface area contributed by atoms with Gasteiger partial charge in [-0.3, -0.25) is 9.78 Å². The highest BCUT2D eigenvalue weighted by molar-refractivity contribution is 5.95. The van der Waals surface area contributed by atoms with Gasteiger partial charge in [-0.2, -0.15) is 0 Å². The number of hydrogen-bond donors (Lipinski definition) is 1. The number of rotatable bonds is 7. The highest BCUT2D eigenvalue weighted by Crippen LogP contribution is 2.37. The zero-order chi connectivity index (χ0) is 24.1. The Kier molecular flexibility index (Phi) is 7.89. The van der Waals surface area contributed by atoms with Crippen molar-refractivity contribution in [2.24, 2.45) is 0 Å². The van der Waals surface area contributed by atoms with Crippen LogP contribution in [0.3, 0.4) is 0 Å². The van der Waals surface area contributed by atoms with Crippen LogP contribution in [0.15, 0.2) is 42.6 Å².